The van der Waals surface area contributed by atoms with Crippen LogP contribution in [0, 0.1) is 0 Å². The van der Waals surface area contributed by atoms with Crippen LogP contribution in [0.1, 0.15) is 104 Å². The van der Waals surface area contributed by atoms with Crippen LogP contribution in [0.2, 0.25) is 0 Å². The summed E-state index contributed by atoms with van der Waals surface area (Å²) in [4.78, 5) is 13.7. The summed E-state index contributed by atoms with van der Waals surface area (Å²) in [6, 6.07) is 0. The molecule has 0 aromatic carbocycles. The van der Waals surface area contributed by atoms with Crippen LogP contribution < -0.4 is 5.73 Å². The maximum Gasteiger partial charge on any atom is 0.244 e. The molecular weight excluding hydrogens is 308 g/mol. The van der Waals surface area contributed by atoms with Crippen LogP contribution in [0.5, 0.6) is 0 Å². The molecule has 1 amide bonds. The van der Waals surface area contributed by atoms with Gasteiger partial charge in [-0.25, -0.2) is 0 Å². The summed E-state index contributed by atoms with van der Waals surface area (Å²) >= 11 is 0. The molecule has 0 aliphatic heterocycles. The number of hydrogen-bond acceptors (Lipinski definition) is 2. The lowest BCUT2D eigenvalue weighted by molar-refractivity contribution is -0.114. The minimum atomic E-state index is -0.349. The van der Waals surface area contributed by atoms with Crippen LogP contribution in [-0.2, 0) is 4.79 Å². The average Bonchev–Trinajstić information content (AvgIpc) is 2.60. The maximum atomic E-state index is 11.1. The van der Waals surface area contributed by atoms with Gasteiger partial charge in [0.15, 0.2) is 0 Å². The van der Waals surface area contributed by atoms with Gasteiger partial charge in [0.05, 0.1) is 0 Å². The monoisotopic (exact) mass is 352 g/mol. The zero-order valence-electron chi connectivity index (χ0n) is 17.2. The first-order valence-corrected chi connectivity index (χ1v) is 10.8. The fraction of sp³-hybridized carbons (Fsp3) is 0.864. The highest BCUT2D eigenvalue weighted by atomic mass is 16.1. The summed E-state index contributed by atoms with van der Waals surface area (Å²) in [6.45, 7) is 11.8. The van der Waals surface area contributed by atoms with E-state index in [9.17, 15) is 4.79 Å². The molecule has 0 rings (SSSR count). The summed E-state index contributed by atoms with van der Waals surface area (Å²) in [6.07, 6.45) is 17.9. The predicted octanol–water partition coefficient (Wildman–Crippen LogP) is 5.83. The van der Waals surface area contributed by atoms with Crippen LogP contribution in [-0.4, -0.2) is 30.4 Å². The minimum Gasteiger partial charge on any atom is -0.366 e. The van der Waals surface area contributed by atoms with Crippen molar-refractivity contribution in [3.63, 3.8) is 0 Å². The third kappa shape index (κ3) is 16.4. The second-order valence-electron chi connectivity index (χ2n) is 7.45. The van der Waals surface area contributed by atoms with E-state index < -0.39 is 0 Å². The highest BCUT2D eigenvalue weighted by molar-refractivity contribution is 5.91. The van der Waals surface area contributed by atoms with Crippen molar-refractivity contribution in [3.8, 4) is 0 Å². The zero-order valence-corrected chi connectivity index (χ0v) is 17.2. The Kier molecular flexibility index (Phi) is 17.4. The Labute approximate surface area is 157 Å². The van der Waals surface area contributed by atoms with Crippen molar-refractivity contribution in [2.24, 2.45) is 5.73 Å². The van der Waals surface area contributed by atoms with Crippen LogP contribution in [0.4, 0.5) is 0 Å². The Hall–Kier alpha value is -0.830. The summed E-state index contributed by atoms with van der Waals surface area (Å²) in [5.74, 6) is -0.349. The molecule has 0 unspecified atom stereocenters. The molecule has 148 valence electrons. The first-order valence-electron chi connectivity index (χ1n) is 10.8. The number of carbonyl (C=O) groups excluding carboxylic acids is 1. The first-order chi connectivity index (χ1) is 12.1. The Morgan fingerprint density at radius 2 is 1.12 bits per heavy atom. The average molecular weight is 353 g/mol. The molecule has 0 spiro atoms. The quantitative estimate of drug-likeness (QED) is 0.235. The molecule has 25 heavy (non-hydrogen) atoms. The summed E-state index contributed by atoms with van der Waals surface area (Å²) < 4.78 is 0. The molecule has 3 nitrogen and oxygen atoms in total. The van der Waals surface area contributed by atoms with Gasteiger partial charge in [-0.2, -0.15) is 0 Å². The third-order valence-corrected chi connectivity index (χ3v) is 4.96. The van der Waals surface area contributed by atoms with Crippen molar-refractivity contribution in [2.75, 3.05) is 19.6 Å². The van der Waals surface area contributed by atoms with Gasteiger partial charge in [-0.15, -0.1) is 0 Å². The van der Waals surface area contributed by atoms with Crippen LogP contribution in [0.25, 0.3) is 0 Å². The molecule has 0 aromatic heterocycles. The largest absolute Gasteiger partial charge is 0.366 e. The molecule has 3 heteroatoms. The molecule has 0 heterocycles. The molecule has 2 N–H and O–H groups in total. The molecule has 0 aromatic rings. The number of amides is 1. The summed E-state index contributed by atoms with van der Waals surface area (Å²) in [7, 11) is 0. The van der Waals surface area contributed by atoms with E-state index in [0.29, 0.717) is 5.57 Å². The second kappa shape index (κ2) is 18.0. The van der Waals surface area contributed by atoms with Crippen LogP contribution >= 0.6 is 0 Å². The van der Waals surface area contributed by atoms with E-state index >= 15 is 0 Å². The Balaban J connectivity index is 3.95. The van der Waals surface area contributed by atoms with Crippen molar-refractivity contribution in [1.29, 1.82) is 0 Å². The van der Waals surface area contributed by atoms with Crippen LogP contribution in [0.15, 0.2) is 12.2 Å². The number of rotatable bonds is 19. The highest BCUT2D eigenvalue weighted by Gasteiger charge is 2.07. The summed E-state index contributed by atoms with van der Waals surface area (Å²) in [5, 5.41) is 0. The first kappa shape index (κ1) is 24.2. The van der Waals surface area contributed by atoms with Crippen molar-refractivity contribution < 1.29 is 4.79 Å². The molecule has 0 saturated carbocycles. The van der Waals surface area contributed by atoms with Gasteiger partial charge in [0.2, 0.25) is 5.91 Å². The zero-order chi connectivity index (χ0) is 18.8. The topological polar surface area (TPSA) is 46.3 Å². The fourth-order valence-electron chi connectivity index (χ4n) is 3.21. The lowest BCUT2D eigenvalue weighted by atomic mass is 10.1. The van der Waals surface area contributed by atoms with E-state index in [1.54, 1.807) is 0 Å². The lowest BCUT2D eigenvalue weighted by Crippen LogP contribution is -2.27. The van der Waals surface area contributed by atoms with E-state index in [-0.39, 0.29) is 5.91 Å². The van der Waals surface area contributed by atoms with Gasteiger partial charge in [-0.3, -0.25) is 4.79 Å². The third-order valence-electron chi connectivity index (χ3n) is 4.96. The molecule has 0 aliphatic carbocycles. The Bertz CT molecular complexity index is 312. The highest BCUT2D eigenvalue weighted by Crippen LogP contribution is 2.10. The second-order valence-corrected chi connectivity index (χ2v) is 7.45. The molecule has 0 atom stereocenters. The van der Waals surface area contributed by atoms with E-state index in [4.69, 9.17) is 5.73 Å². The van der Waals surface area contributed by atoms with Gasteiger partial charge < -0.3 is 10.6 Å². The Morgan fingerprint density at radius 3 is 1.56 bits per heavy atom. The van der Waals surface area contributed by atoms with E-state index in [0.717, 1.165) is 19.4 Å². The molecule has 0 saturated heterocycles. The minimum absolute atomic E-state index is 0.349. The molecule has 0 aliphatic rings. The van der Waals surface area contributed by atoms with Gasteiger partial charge >= 0.3 is 0 Å². The lowest BCUT2D eigenvalue weighted by Gasteiger charge is -2.22. The number of unbranched alkanes of at least 4 members (excludes halogenated alkanes) is 10. The van der Waals surface area contributed by atoms with Gasteiger partial charge in [-0.1, -0.05) is 84.6 Å². The van der Waals surface area contributed by atoms with Gasteiger partial charge in [-0.05, 0) is 45.3 Å². The number of nitrogens with two attached hydrogens (primary N) is 1. The molecule has 0 bridgehead atoms. The SMILES string of the molecule is C=C(CCCN(CCCCCCCC)CCCCCCCC)C(N)=O. The standard InChI is InChI=1S/C22H44N2O/c1-4-6-8-10-12-14-18-24(19-15-13-11-9-7-5-2)20-16-17-21(3)22(23)25/h3-20H2,1-2H3,(H2,23,25). The van der Waals surface area contributed by atoms with Gasteiger partial charge in [0.25, 0.3) is 0 Å². The van der Waals surface area contributed by atoms with Crippen LogP contribution in [0.3, 0.4) is 0 Å². The molecular formula is C22H44N2O. The van der Waals surface area contributed by atoms with E-state index in [2.05, 4.69) is 25.3 Å². The smallest absolute Gasteiger partial charge is 0.244 e. The number of nitrogens with zero attached hydrogens (tertiary/aromatic N) is 1. The number of carbonyl (C=O) groups is 1. The molecule has 0 fully saturated rings. The number of primary amides is 1. The predicted molar refractivity (Wildman–Crippen MR) is 111 cm³/mol. The van der Waals surface area contributed by atoms with Crippen molar-refractivity contribution >= 4 is 5.91 Å². The van der Waals surface area contributed by atoms with E-state index in [1.807, 2.05) is 0 Å². The van der Waals surface area contributed by atoms with Gasteiger partial charge in [0.1, 0.15) is 0 Å². The normalized spacial score (nSPS) is 11.2. The van der Waals surface area contributed by atoms with E-state index in [1.165, 1.54) is 90.1 Å². The van der Waals surface area contributed by atoms with Crippen molar-refractivity contribution in [2.45, 2.75) is 104 Å². The Morgan fingerprint density at radius 1 is 0.720 bits per heavy atom. The van der Waals surface area contributed by atoms with Crippen molar-refractivity contribution in [1.82, 2.24) is 4.90 Å². The summed E-state index contributed by atoms with van der Waals surface area (Å²) in [5.41, 5.74) is 5.85. The van der Waals surface area contributed by atoms with Gasteiger partial charge in [0, 0.05) is 5.57 Å². The van der Waals surface area contributed by atoms with Crippen molar-refractivity contribution in [3.05, 3.63) is 12.2 Å². The number of hydrogen-bond donors (Lipinski definition) is 1. The maximum absolute atomic E-state index is 11.1. The molecule has 0 radical (unpaired) electrons. The fourth-order valence-corrected chi connectivity index (χ4v) is 3.21.